The van der Waals surface area contributed by atoms with E-state index >= 15 is 0 Å². The van der Waals surface area contributed by atoms with Crippen LogP contribution in [-0.4, -0.2) is 19.7 Å². The van der Waals surface area contributed by atoms with Crippen molar-refractivity contribution in [1.82, 2.24) is 5.32 Å². The molecule has 0 fully saturated rings. The van der Waals surface area contributed by atoms with Crippen LogP contribution in [0.4, 0.5) is 0 Å². The van der Waals surface area contributed by atoms with Crippen molar-refractivity contribution in [3.05, 3.63) is 29.8 Å². The van der Waals surface area contributed by atoms with Crippen LogP contribution in [0, 0.1) is 0 Å². The minimum atomic E-state index is 0.250. The molecule has 0 saturated carbocycles. The van der Waals surface area contributed by atoms with E-state index < -0.39 is 0 Å². The Morgan fingerprint density at radius 1 is 1.00 bits per heavy atom. The first-order valence-electron chi connectivity index (χ1n) is 7.66. The number of nitrogens with one attached hydrogen (secondary N) is 1. The van der Waals surface area contributed by atoms with Crippen LogP contribution in [0.5, 0.6) is 5.75 Å². The Bertz CT molecular complexity index is 341. The van der Waals surface area contributed by atoms with Crippen LogP contribution in [-0.2, 0) is 5.41 Å². The summed E-state index contributed by atoms with van der Waals surface area (Å²) >= 11 is 0. The normalized spacial score (nSPS) is 11.6. The highest BCUT2D eigenvalue weighted by Gasteiger charge is 2.27. The van der Waals surface area contributed by atoms with E-state index in [1.54, 1.807) is 0 Å². The third-order valence-corrected chi connectivity index (χ3v) is 4.02. The monoisotopic (exact) mass is 263 g/mol. The summed E-state index contributed by atoms with van der Waals surface area (Å²) in [5.74, 6) is 0.967. The molecule has 0 saturated heterocycles. The summed E-state index contributed by atoms with van der Waals surface area (Å²) in [6, 6.07) is 8.65. The highest BCUT2D eigenvalue weighted by molar-refractivity contribution is 5.32. The minimum Gasteiger partial charge on any atom is -0.494 e. The van der Waals surface area contributed by atoms with Crippen molar-refractivity contribution in [3.63, 3.8) is 0 Å². The van der Waals surface area contributed by atoms with E-state index in [9.17, 15) is 0 Å². The molecule has 0 heterocycles. The SMILES string of the molecule is CCCNCC(CC)(CC)c1ccc(OCC)cc1. The van der Waals surface area contributed by atoms with Crippen molar-refractivity contribution in [2.24, 2.45) is 0 Å². The van der Waals surface area contributed by atoms with Crippen molar-refractivity contribution >= 4 is 0 Å². The second kappa shape index (κ2) is 8.21. The number of hydrogen-bond acceptors (Lipinski definition) is 2. The third-order valence-electron chi connectivity index (χ3n) is 4.02. The summed E-state index contributed by atoms with van der Waals surface area (Å²) in [5.41, 5.74) is 1.67. The van der Waals surface area contributed by atoms with Crippen LogP contribution in [0.25, 0.3) is 0 Å². The second-order valence-electron chi connectivity index (χ2n) is 5.12. The van der Waals surface area contributed by atoms with E-state index in [4.69, 9.17) is 4.74 Å². The third kappa shape index (κ3) is 4.24. The van der Waals surface area contributed by atoms with Gasteiger partial charge in [0.15, 0.2) is 0 Å². The Hall–Kier alpha value is -1.02. The van der Waals surface area contributed by atoms with Crippen LogP contribution in [0.1, 0.15) is 52.5 Å². The van der Waals surface area contributed by atoms with Crippen LogP contribution in [0.2, 0.25) is 0 Å². The van der Waals surface area contributed by atoms with Gasteiger partial charge in [-0.25, -0.2) is 0 Å². The van der Waals surface area contributed by atoms with Gasteiger partial charge < -0.3 is 10.1 Å². The summed E-state index contributed by atoms with van der Waals surface area (Å²) in [6.45, 7) is 11.7. The van der Waals surface area contributed by atoms with E-state index in [2.05, 4.69) is 50.4 Å². The first-order valence-corrected chi connectivity index (χ1v) is 7.66. The molecule has 0 radical (unpaired) electrons. The lowest BCUT2D eigenvalue weighted by molar-refractivity contribution is 0.338. The molecule has 0 spiro atoms. The summed E-state index contributed by atoms with van der Waals surface area (Å²) in [6.07, 6.45) is 3.51. The molecule has 2 heteroatoms. The van der Waals surface area contributed by atoms with Crippen molar-refractivity contribution in [2.75, 3.05) is 19.7 Å². The number of ether oxygens (including phenoxy) is 1. The molecule has 0 aliphatic heterocycles. The fourth-order valence-corrected chi connectivity index (χ4v) is 2.59. The summed E-state index contributed by atoms with van der Waals surface area (Å²) < 4.78 is 5.52. The largest absolute Gasteiger partial charge is 0.494 e. The molecule has 0 atom stereocenters. The Balaban J connectivity index is 2.84. The van der Waals surface area contributed by atoms with E-state index in [1.807, 2.05) is 6.92 Å². The fraction of sp³-hybridized carbons (Fsp3) is 0.647. The Kier molecular flexibility index (Phi) is 6.93. The average Bonchev–Trinajstić information content (AvgIpc) is 2.46. The lowest BCUT2D eigenvalue weighted by Gasteiger charge is -2.33. The predicted molar refractivity (Wildman–Crippen MR) is 83.0 cm³/mol. The van der Waals surface area contributed by atoms with E-state index in [0.29, 0.717) is 0 Å². The molecular formula is C17H29NO. The Labute approximate surface area is 118 Å². The van der Waals surface area contributed by atoms with Gasteiger partial charge >= 0.3 is 0 Å². The zero-order chi connectivity index (χ0) is 14.1. The van der Waals surface area contributed by atoms with Gasteiger partial charge in [-0.05, 0) is 50.4 Å². The smallest absolute Gasteiger partial charge is 0.119 e. The van der Waals surface area contributed by atoms with Crippen LogP contribution < -0.4 is 10.1 Å². The van der Waals surface area contributed by atoms with Gasteiger partial charge in [-0.15, -0.1) is 0 Å². The van der Waals surface area contributed by atoms with Gasteiger partial charge in [0.2, 0.25) is 0 Å². The van der Waals surface area contributed by atoms with Crippen molar-refractivity contribution < 1.29 is 4.74 Å². The zero-order valence-electron chi connectivity index (χ0n) is 13.0. The highest BCUT2D eigenvalue weighted by atomic mass is 16.5. The van der Waals surface area contributed by atoms with Gasteiger partial charge in [0.25, 0.3) is 0 Å². The molecule has 108 valence electrons. The Morgan fingerprint density at radius 3 is 2.11 bits per heavy atom. The molecule has 0 bridgehead atoms. The molecule has 19 heavy (non-hydrogen) atoms. The number of rotatable bonds is 9. The van der Waals surface area contributed by atoms with Crippen molar-refractivity contribution in [2.45, 2.75) is 52.4 Å². The van der Waals surface area contributed by atoms with Crippen LogP contribution in [0.3, 0.4) is 0 Å². The molecule has 1 aromatic carbocycles. The quantitative estimate of drug-likeness (QED) is 0.676. The molecule has 0 aromatic heterocycles. The van der Waals surface area contributed by atoms with Crippen LogP contribution >= 0.6 is 0 Å². The van der Waals surface area contributed by atoms with Gasteiger partial charge in [0.1, 0.15) is 5.75 Å². The maximum absolute atomic E-state index is 5.52. The zero-order valence-corrected chi connectivity index (χ0v) is 13.0. The van der Waals surface area contributed by atoms with Gasteiger partial charge in [-0.1, -0.05) is 32.9 Å². The van der Waals surface area contributed by atoms with Gasteiger partial charge in [-0.3, -0.25) is 0 Å². The van der Waals surface area contributed by atoms with Crippen molar-refractivity contribution in [3.8, 4) is 5.75 Å². The minimum absolute atomic E-state index is 0.250. The van der Waals surface area contributed by atoms with E-state index in [1.165, 1.54) is 12.0 Å². The average molecular weight is 263 g/mol. The van der Waals surface area contributed by atoms with Gasteiger partial charge in [-0.2, -0.15) is 0 Å². The summed E-state index contributed by atoms with van der Waals surface area (Å²) in [5, 5.41) is 3.58. The maximum Gasteiger partial charge on any atom is 0.119 e. The summed E-state index contributed by atoms with van der Waals surface area (Å²) in [4.78, 5) is 0. The number of benzene rings is 1. The molecule has 0 aliphatic rings. The highest BCUT2D eigenvalue weighted by Crippen LogP contribution is 2.32. The second-order valence-corrected chi connectivity index (χ2v) is 5.12. The number of hydrogen-bond donors (Lipinski definition) is 1. The molecule has 0 aliphatic carbocycles. The first kappa shape index (κ1) is 16.0. The summed E-state index contributed by atoms with van der Waals surface area (Å²) in [7, 11) is 0. The lowest BCUT2D eigenvalue weighted by Crippen LogP contribution is -2.37. The first-order chi connectivity index (χ1) is 9.22. The van der Waals surface area contributed by atoms with Crippen molar-refractivity contribution in [1.29, 1.82) is 0 Å². The molecule has 0 amide bonds. The molecule has 2 nitrogen and oxygen atoms in total. The maximum atomic E-state index is 5.52. The van der Waals surface area contributed by atoms with E-state index in [0.717, 1.165) is 38.3 Å². The standard InChI is InChI=1S/C17H29NO/c1-5-13-18-14-17(6-2,7-3)15-9-11-16(12-10-15)19-8-4/h9-12,18H,5-8,13-14H2,1-4H3. The van der Waals surface area contributed by atoms with Gasteiger partial charge in [0.05, 0.1) is 6.61 Å². The topological polar surface area (TPSA) is 21.3 Å². The van der Waals surface area contributed by atoms with Gasteiger partial charge in [0, 0.05) is 12.0 Å². The Morgan fingerprint density at radius 2 is 1.63 bits per heavy atom. The lowest BCUT2D eigenvalue weighted by atomic mass is 9.75. The molecule has 1 N–H and O–H groups in total. The molecule has 1 aromatic rings. The molecule has 0 unspecified atom stereocenters. The van der Waals surface area contributed by atoms with E-state index in [-0.39, 0.29) is 5.41 Å². The van der Waals surface area contributed by atoms with Crippen LogP contribution in [0.15, 0.2) is 24.3 Å². The predicted octanol–water partition coefficient (Wildman–Crippen LogP) is 4.14. The fourth-order valence-electron chi connectivity index (χ4n) is 2.59. The molecule has 1 rings (SSSR count). The molecular weight excluding hydrogens is 234 g/mol.